The summed E-state index contributed by atoms with van der Waals surface area (Å²) in [5.41, 5.74) is 1.05. The van der Waals surface area contributed by atoms with Crippen LogP contribution in [0.2, 0.25) is 0 Å². The van der Waals surface area contributed by atoms with Gasteiger partial charge in [0, 0.05) is 24.7 Å². The zero-order chi connectivity index (χ0) is 17.7. The summed E-state index contributed by atoms with van der Waals surface area (Å²) in [5, 5.41) is 2.65. The van der Waals surface area contributed by atoms with E-state index in [4.69, 9.17) is 0 Å². The lowest BCUT2D eigenvalue weighted by Gasteiger charge is -2.08. The summed E-state index contributed by atoms with van der Waals surface area (Å²) in [6, 6.07) is 8.40. The van der Waals surface area contributed by atoms with Gasteiger partial charge in [-0.25, -0.2) is 21.9 Å². The highest BCUT2D eigenvalue weighted by molar-refractivity contribution is 7.89. The van der Waals surface area contributed by atoms with E-state index in [9.17, 15) is 22.0 Å². The molecule has 0 aliphatic carbocycles. The van der Waals surface area contributed by atoms with Gasteiger partial charge in [-0.3, -0.25) is 4.79 Å². The van der Waals surface area contributed by atoms with Crippen LogP contribution < -0.4 is 10.0 Å². The minimum Gasteiger partial charge on any atom is -0.352 e. The van der Waals surface area contributed by atoms with Crippen molar-refractivity contribution in [3.8, 4) is 0 Å². The Hall–Kier alpha value is -2.32. The molecule has 2 aromatic rings. The van der Waals surface area contributed by atoms with E-state index < -0.39 is 26.6 Å². The van der Waals surface area contributed by atoms with Gasteiger partial charge in [-0.05, 0) is 36.8 Å². The van der Waals surface area contributed by atoms with Gasteiger partial charge in [-0.15, -0.1) is 0 Å². The number of hydrogen-bond donors (Lipinski definition) is 2. The predicted molar refractivity (Wildman–Crippen MR) is 84.8 cm³/mol. The zero-order valence-corrected chi connectivity index (χ0v) is 13.7. The number of halogens is 2. The molecule has 0 fully saturated rings. The first-order valence-corrected chi connectivity index (χ1v) is 8.63. The molecule has 0 saturated carbocycles. The molecule has 24 heavy (non-hydrogen) atoms. The molecule has 0 saturated heterocycles. The van der Waals surface area contributed by atoms with Gasteiger partial charge in [0.15, 0.2) is 0 Å². The van der Waals surface area contributed by atoms with Gasteiger partial charge < -0.3 is 5.32 Å². The highest BCUT2D eigenvalue weighted by Crippen LogP contribution is 2.14. The maximum atomic E-state index is 13.1. The van der Waals surface area contributed by atoms with E-state index in [0.717, 1.165) is 12.1 Å². The molecule has 0 aliphatic heterocycles. The number of nitrogens with one attached hydrogen (secondary N) is 2. The molecule has 0 radical (unpaired) electrons. The van der Waals surface area contributed by atoms with E-state index in [1.165, 1.54) is 0 Å². The average Bonchev–Trinajstić information content (AvgIpc) is 2.53. The van der Waals surface area contributed by atoms with Crippen molar-refractivity contribution < 1.29 is 22.0 Å². The second kappa shape index (κ2) is 7.50. The van der Waals surface area contributed by atoms with Crippen LogP contribution >= 0.6 is 0 Å². The van der Waals surface area contributed by atoms with Crippen molar-refractivity contribution >= 4 is 15.9 Å². The average molecular weight is 354 g/mol. The summed E-state index contributed by atoms with van der Waals surface area (Å²) in [6.45, 7) is 2.23. The van der Waals surface area contributed by atoms with Crippen LogP contribution in [-0.4, -0.2) is 20.9 Å². The molecule has 0 aliphatic rings. The molecule has 2 rings (SSSR count). The summed E-state index contributed by atoms with van der Waals surface area (Å²) in [6.07, 6.45) is 0. The SMILES string of the molecule is CCNC(=O)c1ccc(CNS(=O)(=O)c2cc(F)cc(F)c2)cc1. The molecular weight excluding hydrogens is 338 g/mol. The van der Waals surface area contributed by atoms with Crippen molar-refractivity contribution in [2.45, 2.75) is 18.4 Å². The van der Waals surface area contributed by atoms with Crippen LogP contribution in [0, 0.1) is 11.6 Å². The van der Waals surface area contributed by atoms with Crippen molar-refractivity contribution in [2.24, 2.45) is 0 Å². The quantitative estimate of drug-likeness (QED) is 0.835. The van der Waals surface area contributed by atoms with Gasteiger partial charge in [-0.2, -0.15) is 0 Å². The third-order valence-electron chi connectivity index (χ3n) is 3.17. The number of carbonyl (C=O) groups is 1. The first-order chi connectivity index (χ1) is 11.3. The first kappa shape index (κ1) is 18.0. The van der Waals surface area contributed by atoms with Gasteiger partial charge in [0.05, 0.1) is 4.90 Å². The number of rotatable bonds is 6. The van der Waals surface area contributed by atoms with Crippen LogP contribution in [0.3, 0.4) is 0 Å². The molecule has 128 valence electrons. The zero-order valence-electron chi connectivity index (χ0n) is 12.8. The number of sulfonamides is 1. The molecule has 0 spiro atoms. The molecule has 0 heterocycles. The summed E-state index contributed by atoms with van der Waals surface area (Å²) in [7, 11) is -4.05. The highest BCUT2D eigenvalue weighted by atomic mass is 32.2. The van der Waals surface area contributed by atoms with E-state index in [1.54, 1.807) is 31.2 Å². The fourth-order valence-electron chi connectivity index (χ4n) is 1.98. The maximum Gasteiger partial charge on any atom is 0.251 e. The number of benzene rings is 2. The molecule has 0 bridgehead atoms. The smallest absolute Gasteiger partial charge is 0.251 e. The molecule has 1 amide bonds. The fourth-order valence-corrected chi connectivity index (χ4v) is 3.04. The van der Waals surface area contributed by atoms with Crippen molar-refractivity contribution in [3.05, 3.63) is 65.2 Å². The second-order valence-electron chi connectivity index (χ2n) is 4.99. The molecule has 0 unspecified atom stereocenters. The van der Waals surface area contributed by atoms with Crippen molar-refractivity contribution in [1.82, 2.24) is 10.0 Å². The molecule has 8 heteroatoms. The Morgan fingerprint density at radius 3 is 2.17 bits per heavy atom. The largest absolute Gasteiger partial charge is 0.352 e. The molecule has 2 aromatic carbocycles. The second-order valence-corrected chi connectivity index (χ2v) is 6.75. The van der Waals surface area contributed by atoms with E-state index in [-0.39, 0.29) is 12.5 Å². The Balaban J connectivity index is 2.08. The van der Waals surface area contributed by atoms with Gasteiger partial charge in [0.25, 0.3) is 5.91 Å². The first-order valence-electron chi connectivity index (χ1n) is 7.14. The Morgan fingerprint density at radius 1 is 1.04 bits per heavy atom. The minimum absolute atomic E-state index is 0.0733. The van der Waals surface area contributed by atoms with Crippen LogP contribution in [0.4, 0.5) is 8.78 Å². The van der Waals surface area contributed by atoms with Crippen molar-refractivity contribution in [2.75, 3.05) is 6.54 Å². The molecular formula is C16H16F2N2O3S. The Morgan fingerprint density at radius 2 is 1.62 bits per heavy atom. The van der Waals surface area contributed by atoms with Crippen LogP contribution in [0.1, 0.15) is 22.8 Å². The molecule has 0 aromatic heterocycles. The summed E-state index contributed by atoms with van der Waals surface area (Å²) >= 11 is 0. The van der Waals surface area contributed by atoms with Crippen LogP contribution in [-0.2, 0) is 16.6 Å². The van der Waals surface area contributed by atoms with Gasteiger partial charge in [-0.1, -0.05) is 12.1 Å². The standard InChI is InChI=1S/C16H16F2N2O3S/c1-2-19-16(21)12-5-3-11(4-6-12)10-20-24(22,23)15-8-13(17)7-14(18)9-15/h3-9,20H,2,10H2,1H3,(H,19,21). The van der Waals surface area contributed by atoms with Crippen LogP contribution in [0.5, 0.6) is 0 Å². The fraction of sp³-hybridized carbons (Fsp3) is 0.188. The van der Waals surface area contributed by atoms with E-state index in [0.29, 0.717) is 23.7 Å². The number of carbonyl (C=O) groups excluding carboxylic acids is 1. The van der Waals surface area contributed by atoms with Gasteiger partial charge >= 0.3 is 0 Å². The Labute approximate surface area is 138 Å². The van der Waals surface area contributed by atoms with Crippen LogP contribution in [0.25, 0.3) is 0 Å². The third-order valence-corrected chi connectivity index (χ3v) is 4.55. The van der Waals surface area contributed by atoms with E-state index in [2.05, 4.69) is 10.0 Å². The maximum absolute atomic E-state index is 13.1. The predicted octanol–water partition coefficient (Wildman–Crippen LogP) is 2.19. The summed E-state index contributed by atoms with van der Waals surface area (Å²) < 4.78 is 52.7. The third kappa shape index (κ3) is 4.59. The Kier molecular flexibility index (Phi) is 5.63. The normalized spacial score (nSPS) is 11.3. The monoisotopic (exact) mass is 354 g/mol. The van der Waals surface area contributed by atoms with Crippen molar-refractivity contribution in [3.63, 3.8) is 0 Å². The minimum atomic E-state index is -4.05. The van der Waals surface area contributed by atoms with Crippen LogP contribution in [0.15, 0.2) is 47.4 Å². The molecule has 5 nitrogen and oxygen atoms in total. The van der Waals surface area contributed by atoms with Gasteiger partial charge in [0.2, 0.25) is 10.0 Å². The lowest BCUT2D eigenvalue weighted by atomic mass is 10.1. The lowest BCUT2D eigenvalue weighted by molar-refractivity contribution is 0.0956. The summed E-state index contributed by atoms with van der Waals surface area (Å²) in [5.74, 6) is -2.16. The number of amides is 1. The Bertz CT molecular complexity index is 817. The van der Waals surface area contributed by atoms with Crippen molar-refractivity contribution in [1.29, 1.82) is 0 Å². The topological polar surface area (TPSA) is 75.3 Å². The molecule has 2 N–H and O–H groups in total. The lowest BCUT2D eigenvalue weighted by Crippen LogP contribution is -2.24. The van der Waals surface area contributed by atoms with E-state index >= 15 is 0 Å². The summed E-state index contributed by atoms with van der Waals surface area (Å²) in [4.78, 5) is 11.1. The molecule has 0 atom stereocenters. The van der Waals surface area contributed by atoms with E-state index in [1.807, 2.05) is 0 Å². The van der Waals surface area contributed by atoms with Gasteiger partial charge in [0.1, 0.15) is 11.6 Å². The number of hydrogen-bond acceptors (Lipinski definition) is 3. The highest BCUT2D eigenvalue weighted by Gasteiger charge is 2.16.